The molecule has 0 spiro atoms. The number of anilines is 1. The minimum Gasteiger partial charge on any atom is -0.467 e. The van der Waals surface area contributed by atoms with E-state index in [4.69, 9.17) is 16.6 Å². The molecule has 3 heterocycles. The van der Waals surface area contributed by atoms with Crippen molar-refractivity contribution in [2.24, 2.45) is 7.05 Å². The lowest BCUT2D eigenvalue weighted by molar-refractivity contribution is -0.122. The van der Waals surface area contributed by atoms with E-state index in [2.05, 4.69) is 5.32 Å². The van der Waals surface area contributed by atoms with Crippen LogP contribution in [-0.4, -0.2) is 26.2 Å². The molecule has 1 aliphatic rings. The minimum absolute atomic E-state index is 0.0495. The number of nitriles is 1. The Balaban J connectivity index is 1.68. The van der Waals surface area contributed by atoms with Crippen LogP contribution in [0.25, 0.3) is 6.08 Å². The molecule has 172 valence electrons. The number of nitrogens with zero attached hydrogens (tertiary/aromatic N) is 3. The van der Waals surface area contributed by atoms with E-state index in [0.29, 0.717) is 38.5 Å². The maximum Gasteiger partial charge on any atom is 0.270 e. The van der Waals surface area contributed by atoms with Crippen molar-refractivity contribution in [2.75, 3.05) is 11.9 Å². The SMILES string of the molecule is Cc1c(/C=C2/SC(=S)N(Cc3ccco3)C2=O)c(NCCc2ccccc2)n(C)c(=O)c1C#N. The zero-order valence-corrected chi connectivity index (χ0v) is 20.3. The fourth-order valence-electron chi connectivity index (χ4n) is 3.74. The largest absolute Gasteiger partial charge is 0.467 e. The van der Waals surface area contributed by atoms with Crippen molar-refractivity contribution < 1.29 is 9.21 Å². The Labute approximate surface area is 206 Å². The third-order valence-electron chi connectivity index (χ3n) is 5.59. The fourth-order valence-corrected chi connectivity index (χ4v) is 4.98. The lowest BCUT2D eigenvalue weighted by atomic mass is 10.0. The first-order chi connectivity index (χ1) is 16.4. The van der Waals surface area contributed by atoms with E-state index in [1.807, 2.05) is 36.4 Å². The number of carbonyl (C=O) groups is 1. The summed E-state index contributed by atoms with van der Waals surface area (Å²) in [6.07, 6.45) is 4.01. The van der Waals surface area contributed by atoms with Gasteiger partial charge in [-0.25, -0.2) is 0 Å². The number of hydrogen-bond donors (Lipinski definition) is 1. The number of benzene rings is 1. The van der Waals surface area contributed by atoms with Gasteiger partial charge in [0.2, 0.25) is 0 Å². The van der Waals surface area contributed by atoms with Crippen LogP contribution in [0.2, 0.25) is 0 Å². The highest BCUT2D eigenvalue weighted by atomic mass is 32.2. The first-order valence-corrected chi connectivity index (χ1v) is 11.8. The number of thiocarbonyl (C=S) groups is 1. The van der Waals surface area contributed by atoms with Crippen LogP contribution in [-0.2, 0) is 24.8 Å². The third kappa shape index (κ3) is 4.69. The molecule has 4 rings (SSSR count). The Hall–Kier alpha value is -3.61. The second kappa shape index (κ2) is 10.1. The van der Waals surface area contributed by atoms with Crippen molar-refractivity contribution in [3.05, 3.63) is 92.0 Å². The summed E-state index contributed by atoms with van der Waals surface area (Å²) in [5, 5.41) is 12.9. The highest BCUT2D eigenvalue weighted by Crippen LogP contribution is 2.35. The molecule has 1 saturated heterocycles. The third-order valence-corrected chi connectivity index (χ3v) is 6.97. The quantitative estimate of drug-likeness (QED) is 0.392. The second-order valence-electron chi connectivity index (χ2n) is 7.75. The van der Waals surface area contributed by atoms with Crippen LogP contribution in [0.15, 0.2) is 62.8 Å². The number of rotatable bonds is 7. The molecular weight excluding hydrogens is 468 g/mol. The average Bonchev–Trinajstić information content (AvgIpc) is 3.44. The van der Waals surface area contributed by atoms with Gasteiger partial charge in [-0.3, -0.25) is 19.1 Å². The molecule has 0 aliphatic carbocycles. The Kier molecular flexibility index (Phi) is 7.01. The molecule has 2 aromatic heterocycles. The van der Waals surface area contributed by atoms with Crippen LogP contribution in [0.1, 0.15) is 28.0 Å². The molecule has 0 saturated carbocycles. The van der Waals surface area contributed by atoms with Gasteiger partial charge >= 0.3 is 0 Å². The fraction of sp³-hybridized carbons (Fsp3) is 0.200. The molecule has 0 radical (unpaired) electrons. The molecule has 7 nitrogen and oxygen atoms in total. The normalized spacial score (nSPS) is 14.6. The summed E-state index contributed by atoms with van der Waals surface area (Å²) >= 11 is 6.62. The Morgan fingerprint density at radius 1 is 1.21 bits per heavy atom. The molecule has 3 aromatic rings. The van der Waals surface area contributed by atoms with Crippen LogP contribution in [0.4, 0.5) is 5.82 Å². The van der Waals surface area contributed by atoms with Crippen molar-refractivity contribution in [3.63, 3.8) is 0 Å². The Morgan fingerprint density at radius 2 is 1.97 bits per heavy atom. The van der Waals surface area contributed by atoms with E-state index >= 15 is 0 Å². The number of amides is 1. The standard InChI is InChI=1S/C25H22N4O3S2/c1-16-19(13-21-24(31)29(25(33)34-21)15-18-9-6-12-32-18)22(28(2)23(30)20(16)14-26)27-11-10-17-7-4-3-5-8-17/h3-9,12-13,27H,10-11,15H2,1-2H3/b21-13+. The second-order valence-corrected chi connectivity index (χ2v) is 9.42. The van der Waals surface area contributed by atoms with Gasteiger partial charge in [-0.1, -0.05) is 54.3 Å². The first-order valence-electron chi connectivity index (χ1n) is 10.6. The van der Waals surface area contributed by atoms with Crippen LogP contribution in [0.5, 0.6) is 0 Å². The first kappa shape index (κ1) is 23.5. The number of thioether (sulfide) groups is 1. The van der Waals surface area contributed by atoms with Gasteiger partial charge in [0.15, 0.2) is 0 Å². The molecule has 34 heavy (non-hydrogen) atoms. The van der Waals surface area contributed by atoms with Crippen molar-refractivity contribution in [2.45, 2.75) is 19.9 Å². The maximum atomic E-state index is 13.1. The van der Waals surface area contributed by atoms with Gasteiger partial charge < -0.3 is 9.73 Å². The zero-order chi connectivity index (χ0) is 24.2. The van der Waals surface area contributed by atoms with E-state index in [0.717, 1.165) is 12.0 Å². The predicted octanol–water partition coefficient (Wildman–Crippen LogP) is 4.21. The number of carbonyl (C=O) groups excluding carboxylic acids is 1. The number of furan rings is 1. The molecule has 0 unspecified atom stereocenters. The van der Waals surface area contributed by atoms with E-state index in [1.165, 1.54) is 21.2 Å². The van der Waals surface area contributed by atoms with Crippen molar-refractivity contribution in [3.8, 4) is 6.07 Å². The molecule has 1 N–H and O–H groups in total. The number of aromatic nitrogens is 1. The van der Waals surface area contributed by atoms with Crippen LogP contribution < -0.4 is 10.9 Å². The molecule has 1 aromatic carbocycles. The smallest absolute Gasteiger partial charge is 0.270 e. The number of hydrogen-bond acceptors (Lipinski definition) is 7. The molecule has 0 atom stereocenters. The predicted molar refractivity (Wildman–Crippen MR) is 137 cm³/mol. The Morgan fingerprint density at radius 3 is 2.65 bits per heavy atom. The molecular formula is C25H22N4O3S2. The minimum atomic E-state index is -0.385. The van der Waals surface area contributed by atoms with Gasteiger partial charge in [-0.2, -0.15) is 5.26 Å². The van der Waals surface area contributed by atoms with Gasteiger partial charge in [0.25, 0.3) is 11.5 Å². The van der Waals surface area contributed by atoms with Crippen molar-refractivity contribution >= 4 is 46.1 Å². The van der Waals surface area contributed by atoms with Crippen LogP contribution >= 0.6 is 24.0 Å². The summed E-state index contributed by atoms with van der Waals surface area (Å²) in [4.78, 5) is 27.8. The number of nitrogens with one attached hydrogen (secondary N) is 1. The summed E-state index contributed by atoms with van der Waals surface area (Å²) in [6, 6.07) is 15.5. The summed E-state index contributed by atoms with van der Waals surface area (Å²) in [7, 11) is 1.62. The summed E-state index contributed by atoms with van der Waals surface area (Å²) in [5.74, 6) is 0.938. The van der Waals surface area contributed by atoms with Crippen molar-refractivity contribution in [1.82, 2.24) is 9.47 Å². The Bertz CT molecular complexity index is 1370. The maximum absolute atomic E-state index is 13.1. The molecule has 1 fully saturated rings. The lowest BCUT2D eigenvalue weighted by Crippen LogP contribution is -2.27. The van der Waals surface area contributed by atoms with Gasteiger partial charge in [0.1, 0.15) is 27.5 Å². The summed E-state index contributed by atoms with van der Waals surface area (Å²) in [5.41, 5.74) is 1.96. The lowest BCUT2D eigenvalue weighted by Gasteiger charge is -2.18. The molecule has 1 amide bonds. The molecule has 9 heteroatoms. The van der Waals surface area contributed by atoms with E-state index in [1.54, 1.807) is 38.4 Å². The number of pyridine rings is 1. The van der Waals surface area contributed by atoms with Crippen LogP contribution in [0, 0.1) is 18.3 Å². The molecule has 1 aliphatic heterocycles. The van der Waals surface area contributed by atoms with E-state index in [9.17, 15) is 14.9 Å². The monoisotopic (exact) mass is 490 g/mol. The van der Waals surface area contributed by atoms with Crippen molar-refractivity contribution in [1.29, 1.82) is 5.26 Å². The topological polar surface area (TPSA) is 91.3 Å². The highest BCUT2D eigenvalue weighted by Gasteiger charge is 2.33. The highest BCUT2D eigenvalue weighted by molar-refractivity contribution is 8.26. The van der Waals surface area contributed by atoms with Gasteiger partial charge in [-0.05, 0) is 42.7 Å². The molecule has 0 bridgehead atoms. The average molecular weight is 491 g/mol. The summed E-state index contributed by atoms with van der Waals surface area (Å²) < 4.78 is 7.21. The summed E-state index contributed by atoms with van der Waals surface area (Å²) in [6.45, 7) is 2.54. The van der Waals surface area contributed by atoms with Gasteiger partial charge in [-0.15, -0.1) is 0 Å². The zero-order valence-electron chi connectivity index (χ0n) is 18.7. The van der Waals surface area contributed by atoms with E-state index < -0.39 is 0 Å². The van der Waals surface area contributed by atoms with Gasteiger partial charge in [0.05, 0.1) is 17.7 Å². The van der Waals surface area contributed by atoms with Crippen LogP contribution in [0.3, 0.4) is 0 Å². The van der Waals surface area contributed by atoms with Gasteiger partial charge in [0, 0.05) is 19.2 Å². The van der Waals surface area contributed by atoms with E-state index in [-0.39, 0.29) is 23.6 Å².